The standard InChI is InChI=1S/C14H19FN2O5/c1-8(2)22-11-6-9(15)4-5-10(11)17-13(20)16-7-14(3,21)12(18)19/h4-6,8,21H,7H2,1-3H3,(H,18,19)(H2,16,17,20). The highest BCUT2D eigenvalue weighted by Gasteiger charge is 2.30. The van der Waals surface area contributed by atoms with Crippen molar-refractivity contribution in [3.8, 4) is 5.75 Å². The van der Waals surface area contributed by atoms with Crippen LogP contribution in [0.15, 0.2) is 18.2 Å². The molecule has 0 aliphatic carbocycles. The molecule has 0 bridgehead atoms. The molecule has 0 saturated carbocycles. The van der Waals surface area contributed by atoms with Gasteiger partial charge in [-0.3, -0.25) is 0 Å². The minimum atomic E-state index is -2.09. The second kappa shape index (κ2) is 7.08. The summed E-state index contributed by atoms with van der Waals surface area (Å²) in [4.78, 5) is 22.5. The van der Waals surface area contributed by atoms with Crippen molar-refractivity contribution in [3.05, 3.63) is 24.0 Å². The average molecular weight is 314 g/mol. The predicted molar refractivity (Wildman–Crippen MR) is 77.4 cm³/mol. The molecule has 0 radical (unpaired) electrons. The van der Waals surface area contributed by atoms with Gasteiger partial charge in [-0.1, -0.05) is 0 Å². The van der Waals surface area contributed by atoms with E-state index >= 15 is 0 Å². The van der Waals surface area contributed by atoms with E-state index in [0.717, 1.165) is 19.1 Å². The topological polar surface area (TPSA) is 108 Å². The molecule has 0 aromatic heterocycles. The highest BCUT2D eigenvalue weighted by molar-refractivity contribution is 5.91. The monoisotopic (exact) mass is 314 g/mol. The molecule has 8 heteroatoms. The van der Waals surface area contributed by atoms with Crippen LogP contribution in [0.5, 0.6) is 5.75 Å². The summed E-state index contributed by atoms with van der Waals surface area (Å²) in [5.74, 6) is -1.83. The average Bonchev–Trinajstić information content (AvgIpc) is 2.39. The molecule has 1 aromatic carbocycles. The first-order valence-corrected chi connectivity index (χ1v) is 6.58. The van der Waals surface area contributed by atoms with Crippen molar-refractivity contribution >= 4 is 17.7 Å². The molecule has 1 unspecified atom stereocenters. The van der Waals surface area contributed by atoms with Gasteiger partial charge in [-0.05, 0) is 32.9 Å². The van der Waals surface area contributed by atoms with Crippen LogP contribution in [0.25, 0.3) is 0 Å². The summed E-state index contributed by atoms with van der Waals surface area (Å²) in [7, 11) is 0. The van der Waals surface area contributed by atoms with Crippen LogP contribution in [-0.4, -0.2) is 40.5 Å². The summed E-state index contributed by atoms with van der Waals surface area (Å²) in [6.45, 7) is 4.06. The fourth-order valence-corrected chi connectivity index (χ4v) is 1.45. The lowest BCUT2D eigenvalue weighted by Gasteiger charge is -2.19. The Morgan fingerprint density at radius 1 is 1.41 bits per heavy atom. The van der Waals surface area contributed by atoms with Crippen LogP contribution in [0, 0.1) is 5.82 Å². The number of nitrogens with one attached hydrogen (secondary N) is 2. The first-order valence-electron chi connectivity index (χ1n) is 6.58. The Labute approximate surface area is 127 Å². The number of aliphatic hydroxyl groups is 1. The fourth-order valence-electron chi connectivity index (χ4n) is 1.45. The van der Waals surface area contributed by atoms with E-state index in [1.807, 2.05) is 0 Å². The summed E-state index contributed by atoms with van der Waals surface area (Å²) in [5.41, 5.74) is -1.86. The Morgan fingerprint density at radius 2 is 2.05 bits per heavy atom. The zero-order valence-electron chi connectivity index (χ0n) is 12.5. The zero-order chi connectivity index (χ0) is 16.9. The number of amides is 2. The van der Waals surface area contributed by atoms with E-state index in [1.54, 1.807) is 13.8 Å². The summed E-state index contributed by atoms with van der Waals surface area (Å²) >= 11 is 0. The Morgan fingerprint density at radius 3 is 2.59 bits per heavy atom. The number of hydrogen-bond donors (Lipinski definition) is 4. The van der Waals surface area contributed by atoms with E-state index in [4.69, 9.17) is 9.84 Å². The van der Waals surface area contributed by atoms with Gasteiger partial charge in [0, 0.05) is 6.07 Å². The molecule has 0 spiro atoms. The van der Waals surface area contributed by atoms with Gasteiger partial charge in [0.05, 0.1) is 18.3 Å². The molecule has 122 valence electrons. The molecular formula is C14H19FN2O5. The van der Waals surface area contributed by atoms with Crippen molar-refractivity contribution in [2.75, 3.05) is 11.9 Å². The number of aliphatic carboxylic acids is 1. The Balaban J connectivity index is 2.74. The number of carboxylic acid groups (broad SMARTS) is 1. The maximum absolute atomic E-state index is 13.2. The van der Waals surface area contributed by atoms with Crippen LogP contribution in [0.4, 0.5) is 14.9 Å². The number of halogens is 1. The maximum Gasteiger partial charge on any atom is 0.337 e. The first kappa shape index (κ1) is 17.7. The van der Waals surface area contributed by atoms with Crippen LogP contribution in [0.1, 0.15) is 20.8 Å². The van der Waals surface area contributed by atoms with Crippen LogP contribution in [0.2, 0.25) is 0 Å². The number of carbonyl (C=O) groups is 2. The van der Waals surface area contributed by atoms with Gasteiger partial charge in [0.25, 0.3) is 0 Å². The molecule has 0 aliphatic heterocycles. The van der Waals surface area contributed by atoms with E-state index < -0.39 is 30.0 Å². The highest BCUT2D eigenvalue weighted by atomic mass is 19.1. The van der Waals surface area contributed by atoms with Crippen molar-refractivity contribution in [3.63, 3.8) is 0 Å². The summed E-state index contributed by atoms with van der Waals surface area (Å²) in [5, 5.41) is 22.9. The number of carboxylic acids is 1. The fraction of sp³-hybridized carbons (Fsp3) is 0.429. The molecule has 0 fully saturated rings. The molecule has 0 saturated heterocycles. The van der Waals surface area contributed by atoms with E-state index in [9.17, 15) is 19.1 Å². The summed E-state index contributed by atoms with van der Waals surface area (Å²) < 4.78 is 18.6. The smallest absolute Gasteiger partial charge is 0.337 e. The molecule has 1 aromatic rings. The Hall–Kier alpha value is -2.35. The molecule has 2 amide bonds. The lowest BCUT2D eigenvalue weighted by atomic mass is 10.1. The quantitative estimate of drug-likeness (QED) is 0.637. The second-order valence-electron chi connectivity index (χ2n) is 5.19. The molecule has 4 N–H and O–H groups in total. The van der Waals surface area contributed by atoms with Crippen molar-refractivity contribution in [1.82, 2.24) is 5.32 Å². The van der Waals surface area contributed by atoms with E-state index in [1.165, 1.54) is 6.07 Å². The summed E-state index contributed by atoms with van der Waals surface area (Å²) in [6, 6.07) is 2.85. The molecule has 0 aliphatic rings. The van der Waals surface area contributed by atoms with Crippen LogP contribution in [-0.2, 0) is 4.79 Å². The lowest BCUT2D eigenvalue weighted by Crippen LogP contribution is -2.47. The van der Waals surface area contributed by atoms with Gasteiger partial charge in [0.1, 0.15) is 11.6 Å². The van der Waals surface area contributed by atoms with Crippen LogP contribution >= 0.6 is 0 Å². The van der Waals surface area contributed by atoms with Gasteiger partial charge in [-0.15, -0.1) is 0 Å². The van der Waals surface area contributed by atoms with Gasteiger partial charge in [0.2, 0.25) is 0 Å². The Kier molecular flexibility index (Phi) is 5.69. The highest BCUT2D eigenvalue weighted by Crippen LogP contribution is 2.26. The molecule has 7 nitrogen and oxygen atoms in total. The van der Waals surface area contributed by atoms with Crippen molar-refractivity contribution in [1.29, 1.82) is 0 Å². The third kappa shape index (κ3) is 5.21. The number of ether oxygens (including phenoxy) is 1. The maximum atomic E-state index is 13.2. The van der Waals surface area contributed by atoms with Gasteiger partial charge in [-0.2, -0.15) is 0 Å². The normalized spacial score (nSPS) is 13.4. The number of hydrogen-bond acceptors (Lipinski definition) is 4. The number of anilines is 1. The van der Waals surface area contributed by atoms with Gasteiger partial charge >= 0.3 is 12.0 Å². The first-order chi connectivity index (χ1) is 10.1. The second-order valence-corrected chi connectivity index (χ2v) is 5.19. The van der Waals surface area contributed by atoms with Gasteiger partial charge in [-0.25, -0.2) is 14.0 Å². The van der Waals surface area contributed by atoms with Crippen LogP contribution in [0.3, 0.4) is 0 Å². The minimum absolute atomic E-state index is 0.148. The minimum Gasteiger partial charge on any atom is -0.489 e. The molecule has 22 heavy (non-hydrogen) atoms. The largest absolute Gasteiger partial charge is 0.489 e. The molecule has 0 heterocycles. The molecular weight excluding hydrogens is 295 g/mol. The molecule has 1 atom stereocenters. The van der Waals surface area contributed by atoms with Gasteiger partial charge < -0.3 is 25.6 Å². The van der Waals surface area contributed by atoms with E-state index in [0.29, 0.717) is 0 Å². The number of carbonyl (C=O) groups excluding carboxylic acids is 1. The number of benzene rings is 1. The molecule has 1 rings (SSSR count). The zero-order valence-corrected chi connectivity index (χ0v) is 12.5. The third-order valence-corrected chi connectivity index (χ3v) is 2.61. The van der Waals surface area contributed by atoms with Crippen molar-refractivity contribution < 1.29 is 28.9 Å². The van der Waals surface area contributed by atoms with Crippen molar-refractivity contribution in [2.45, 2.75) is 32.5 Å². The third-order valence-electron chi connectivity index (χ3n) is 2.61. The van der Waals surface area contributed by atoms with Crippen LogP contribution < -0.4 is 15.4 Å². The summed E-state index contributed by atoms with van der Waals surface area (Å²) in [6.07, 6.45) is -0.224. The van der Waals surface area contributed by atoms with E-state index in [-0.39, 0.29) is 17.5 Å². The van der Waals surface area contributed by atoms with E-state index in [2.05, 4.69) is 10.6 Å². The number of rotatable bonds is 6. The number of urea groups is 1. The van der Waals surface area contributed by atoms with Gasteiger partial charge in [0.15, 0.2) is 5.60 Å². The predicted octanol–water partition coefficient (Wildman–Crippen LogP) is 1.57. The van der Waals surface area contributed by atoms with Crippen molar-refractivity contribution in [2.24, 2.45) is 0 Å². The SMILES string of the molecule is CC(C)Oc1cc(F)ccc1NC(=O)NCC(C)(O)C(=O)O. The lowest BCUT2D eigenvalue weighted by molar-refractivity contribution is -0.155. The Bertz CT molecular complexity index is 560.